The van der Waals surface area contributed by atoms with Crippen LogP contribution in [-0.2, 0) is 17.9 Å². The van der Waals surface area contributed by atoms with Crippen molar-refractivity contribution in [2.24, 2.45) is 5.41 Å². The van der Waals surface area contributed by atoms with E-state index in [-0.39, 0.29) is 0 Å². The molecule has 1 aromatic rings. The molecule has 0 aromatic carbocycles. The summed E-state index contributed by atoms with van der Waals surface area (Å²) in [6.45, 7) is 8.96. The van der Waals surface area contributed by atoms with Crippen LogP contribution in [-0.4, -0.2) is 18.6 Å². The highest BCUT2D eigenvalue weighted by Crippen LogP contribution is 2.18. The van der Waals surface area contributed by atoms with Crippen LogP contribution in [0.4, 0.5) is 0 Å². The quantitative estimate of drug-likeness (QED) is 0.779. The van der Waals surface area contributed by atoms with Gasteiger partial charge in [-0.15, -0.1) is 11.3 Å². The minimum Gasteiger partial charge on any atom is -0.375 e. The smallest absolute Gasteiger partial charge is 0.107 e. The lowest BCUT2D eigenvalue weighted by Crippen LogP contribution is -2.09. The fourth-order valence-corrected chi connectivity index (χ4v) is 1.99. The molecule has 0 spiro atoms. The Balaban J connectivity index is 2.21. The van der Waals surface area contributed by atoms with Crippen molar-refractivity contribution in [2.75, 3.05) is 13.7 Å². The standard InChI is InChI=1S/C12H22N2OS/c1-12(2,3)5-6-15-8-10-9-16-11(14-10)7-13-4/h9,13H,5-8H2,1-4H3. The summed E-state index contributed by atoms with van der Waals surface area (Å²) in [6.07, 6.45) is 1.08. The van der Waals surface area contributed by atoms with Crippen molar-refractivity contribution in [1.82, 2.24) is 10.3 Å². The Kier molecular flexibility index (Phi) is 5.38. The Morgan fingerprint density at radius 2 is 2.19 bits per heavy atom. The number of hydrogen-bond acceptors (Lipinski definition) is 4. The van der Waals surface area contributed by atoms with Crippen LogP contribution in [0.2, 0.25) is 0 Å². The molecule has 3 nitrogen and oxygen atoms in total. The molecular formula is C12H22N2OS. The van der Waals surface area contributed by atoms with Gasteiger partial charge >= 0.3 is 0 Å². The predicted octanol–water partition coefficient (Wildman–Crippen LogP) is 2.82. The molecule has 0 saturated heterocycles. The molecule has 0 fully saturated rings. The normalized spacial score (nSPS) is 12.0. The minimum atomic E-state index is 0.347. The van der Waals surface area contributed by atoms with Crippen LogP contribution < -0.4 is 5.32 Å². The second-order valence-corrected chi connectivity index (χ2v) is 6.07. The topological polar surface area (TPSA) is 34.2 Å². The van der Waals surface area contributed by atoms with Gasteiger partial charge in [-0.2, -0.15) is 0 Å². The van der Waals surface area contributed by atoms with Crippen molar-refractivity contribution in [3.8, 4) is 0 Å². The fraction of sp³-hybridized carbons (Fsp3) is 0.750. The summed E-state index contributed by atoms with van der Waals surface area (Å²) in [5.41, 5.74) is 1.39. The summed E-state index contributed by atoms with van der Waals surface area (Å²) in [4.78, 5) is 4.46. The van der Waals surface area contributed by atoms with Crippen molar-refractivity contribution in [3.63, 3.8) is 0 Å². The Hall–Kier alpha value is -0.450. The third kappa shape index (κ3) is 5.58. The second kappa shape index (κ2) is 6.33. The fourth-order valence-electron chi connectivity index (χ4n) is 1.20. The first-order valence-electron chi connectivity index (χ1n) is 5.67. The molecule has 16 heavy (non-hydrogen) atoms. The van der Waals surface area contributed by atoms with Crippen LogP contribution in [0.25, 0.3) is 0 Å². The predicted molar refractivity (Wildman–Crippen MR) is 68.6 cm³/mol. The summed E-state index contributed by atoms with van der Waals surface area (Å²) in [5.74, 6) is 0. The Bertz CT molecular complexity index is 304. The Morgan fingerprint density at radius 3 is 2.81 bits per heavy atom. The Morgan fingerprint density at radius 1 is 1.44 bits per heavy atom. The summed E-state index contributed by atoms with van der Waals surface area (Å²) >= 11 is 1.68. The van der Waals surface area contributed by atoms with Gasteiger partial charge in [-0.1, -0.05) is 20.8 Å². The number of thiazole rings is 1. The number of nitrogens with zero attached hydrogens (tertiary/aromatic N) is 1. The van der Waals surface area contributed by atoms with Crippen LogP contribution in [0.1, 0.15) is 37.9 Å². The maximum Gasteiger partial charge on any atom is 0.107 e. The monoisotopic (exact) mass is 242 g/mol. The maximum atomic E-state index is 5.61. The van der Waals surface area contributed by atoms with E-state index in [1.807, 2.05) is 7.05 Å². The zero-order valence-electron chi connectivity index (χ0n) is 10.7. The lowest BCUT2D eigenvalue weighted by Gasteiger charge is -2.17. The van der Waals surface area contributed by atoms with E-state index >= 15 is 0 Å². The highest BCUT2D eigenvalue weighted by molar-refractivity contribution is 7.09. The van der Waals surface area contributed by atoms with Crippen LogP contribution in [0.15, 0.2) is 5.38 Å². The van der Waals surface area contributed by atoms with Crippen LogP contribution in [0.5, 0.6) is 0 Å². The molecule has 0 amide bonds. The van der Waals surface area contributed by atoms with E-state index in [1.165, 1.54) is 0 Å². The van der Waals surface area contributed by atoms with Crippen LogP contribution in [0, 0.1) is 5.41 Å². The second-order valence-electron chi connectivity index (χ2n) is 5.13. The third-order valence-electron chi connectivity index (χ3n) is 2.17. The summed E-state index contributed by atoms with van der Waals surface area (Å²) in [6, 6.07) is 0. The van der Waals surface area contributed by atoms with Gasteiger partial charge in [0.05, 0.1) is 12.3 Å². The Labute approximate surface area is 102 Å². The van der Waals surface area contributed by atoms with E-state index in [0.717, 1.165) is 30.3 Å². The van der Waals surface area contributed by atoms with Gasteiger partial charge in [0.25, 0.3) is 0 Å². The molecule has 4 heteroatoms. The van der Waals surface area contributed by atoms with E-state index < -0.39 is 0 Å². The molecule has 0 aliphatic rings. The first kappa shape index (κ1) is 13.6. The largest absolute Gasteiger partial charge is 0.375 e. The average Bonchev–Trinajstić information content (AvgIpc) is 2.60. The van der Waals surface area contributed by atoms with E-state index in [9.17, 15) is 0 Å². The molecule has 1 N–H and O–H groups in total. The summed E-state index contributed by atoms with van der Waals surface area (Å²) in [7, 11) is 1.93. The van der Waals surface area contributed by atoms with Crippen LogP contribution >= 0.6 is 11.3 Å². The summed E-state index contributed by atoms with van der Waals surface area (Å²) < 4.78 is 5.61. The van der Waals surface area contributed by atoms with Gasteiger partial charge in [0, 0.05) is 18.5 Å². The SMILES string of the molecule is CNCc1nc(COCCC(C)(C)C)cs1. The minimum absolute atomic E-state index is 0.347. The zero-order chi connectivity index (χ0) is 12.0. The average molecular weight is 242 g/mol. The van der Waals surface area contributed by atoms with Crippen molar-refractivity contribution in [3.05, 3.63) is 16.1 Å². The molecule has 0 bridgehead atoms. The first-order valence-corrected chi connectivity index (χ1v) is 6.55. The van der Waals surface area contributed by atoms with Gasteiger partial charge in [-0.25, -0.2) is 4.98 Å². The molecule has 0 aliphatic carbocycles. The van der Waals surface area contributed by atoms with Crippen molar-refractivity contribution in [2.45, 2.75) is 40.3 Å². The molecular weight excluding hydrogens is 220 g/mol. The van der Waals surface area contributed by atoms with Gasteiger partial charge in [-0.3, -0.25) is 0 Å². The maximum absolute atomic E-state index is 5.61. The van der Waals surface area contributed by atoms with Crippen molar-refractivity contribution >= 4 is 11.3 Å². The highest BCUT2D eigenvalue weighted by atomic mass is 32.1. The van der Waals surface area contributed by atoms with Crippen molar-refractivity contribution < 1.29 is 4.74 Å². The number of ether oxygens (including phenoxy) is 1. The van der Waals surface area contributed by atoms with Crippen molar-refractivity contribution in [1.29, 1.82) is 0 Å². The highest BCUT2D eigenvalue weighted by Gasteiger charge is 2.09. The van der Waals surface area contributed by atoms with Gasteiger partial charge < -0.3 is 10.1 Å². The number of hydrogen-bond donors (Lipinski definition) is 1. The van der Waals surface area contributed by atoms with Crippen LogP contribution in [0.3, 0.4) is 0 Å². The number of nitrogens with one attached hydrogen (secondary N) is 1. The molecule has 1 heterocycles. The van der Waals surface area contributed by atoms with Gasteiger partial charge in [0.1, 0.15) is 5.01 Å². The molecule has 1 rings (SSSR count). The molecule has 0 radical (unpaired) electrons. The molecule has 0 saturated carbocycles. The van der Waals surface area contributed by atoms with Gasteiger partial charge in [-0.05, 0) is 18.9 Å². The molecule has 1 aromatic heterocycles. The van der Waals surface area contributed by atoms with E-state index in [1.54, 1.807) is 11.3 Å². The zero-order valence-corrected chi connectivity index (χ0v) is 11.5. The van der Waals surface area contributed by atoms with Gasteiger partial charge in [0.2, 0.25) is 0 Å². The first-order chi connectivity index (χ1) is 7.51. The number of rotatable bonds is 6. The molecule has 92 valence electrons. The molecule has 0 unspecified atom stereocenters. The van der Waals surface area contributed by atoms with E-state index in [4.69, 9.17) is 4.74 Å². The summed E-state index contributed by atoms with van der Waals surface area (Å²) in [5, 5.41) is 6.29. The van der Waals surface area contributed by atoms with Gasteiger partial charge in [0.15, 0.2) is 0 Å². The lowest BCUT2D eigenvalue weighted by molar-refractivity contribution is 0.0943. The molecule has 0 aliphatic heterocycles. The third-order valence-corrected chi connectivity index (χ3v) is 3.07. The van der Waals surface area contributed by atoms with E-state index in [0.29, 0.717) is 12.0 Å². The molecule has 0 atom stereocenters. The number of aromatic nitrogens is 1. The lowest BCUT2D eigenvalue weighted by atomic mass is 9.93. The van der Waals surface area contributed by atoms with E-state index in [2.05, 4.69) is 36.5 Å².